The Morgan fingerprint density at radius 1 is 1.32 bits per heavy atom. The highest BCUT2D eigenvalue weighted by Gasteiger charge is 2.41. The van der Waals surface area contributed by atoms with E-state index in [-0.39, 0.29) is 11.4 Å². The van der Waals surface area contributed by atoms with Crippen LogP contribution in [0.5, 0.6) is 11.5 Å². The minimum atomic E-state index is -3.04. The molecule has 2 N–H and O–H groups in total. The Labute approximate surface area is 125 Å². The zero-order valence-electron chi connectivity index (χ0n) is 11.7. The van der Waals surface area contributed by atoms with Gasteiger partial charge in [0.25, 0.3) is 0 Å². The lowest BCUT2D eigenvalue weighted by Crippen LogP contribution is -2.41. The summed E-state index contributed by atoms with van der Waals surface area (Å²) < 4.78 is 34.1. The first kappa shape index (κ1) is 16.0. The van der Waals surface area contributed by atoms with Gasteiger partial charge < -0.3 is 19.9 Å². The number of aliphatic carboxylic acids is 1. The van der Waals surface area contributed by atoms with Crippen LogP contribution in [0.2, 0.25) is 0 Å². The van der Waals surface area contributed by atoms with Crippen molar-refractivity contribution in [2.75, 3.05) is 12.4 Å². The number of nitrogens with one attached hydrogen (secondary N) is 1. The molecule has 0 aliphatic heterocycles. The number of rotatable bonds is 6. The molecule has 1 fully saturated rings. The Kier molecular flexibility index (Phi) is 4.79. The predicted molar refractivity (Wildman–Crippen MR) is 72.1 cm³/mol. The Morgan fingerprint density at radius 2 is 2.00 bits per heavy atom. The highest BCUT2D eigenvalue weighted by atomic mass is 19.3. The molecule has 1 amide bonds. The summed E-state index contributed by atoms with van der Waals surface area (Å²) in [5, 5.41) is 11.4. The number of anilines is 1. The number of carboxylic acids is 1. The minimum Gasteiger partial charge on any atom is -0.497 e. The summed E-state index contributed by atoms with van der Waals surface area (Å²) in [4.78, 5) is 23.0. The number of alkyl halides is 2. The van der Waals surface area contributed by atoms with Gasteiger partial charge in [-0.1, -0.05) is 0 Å². The molecule has 6 nitrogen and oxygen atoms in total. The number of benzene rings is 1. The van der Waals surface area contributed by atoms with Gasteiger partial charge >= 0.3 is 12.6 Å². The second-order valence-electron chi connectivity index (χ2n) is 4.86. The number of halogens is 2. The van der Waals surface area contributed by atoms with Crippen molar-refractivity contribution in [3.63, 3.8) is 0 Å². The molecule has 2 unspecified atom stereocenters. The Hall–Kier alpha value is -2.38. The highest BCUT2D eigenvalue weighted by molar-refractivity contribution is 5.97. The molecule has 1 saturated carbocycles. The largest absolute Gasteiger partial charge is 0.497 e. The van der Waals surface area contributed by atoms with Gasteiger partial charge in [0.15, 0.2) is 0 Å². The number of hydrogen-bond acceptors (Lipinski definition) is 4. The van der Waals surface area contributed by atoms with E-state index in [0.717, 1.165) is 0 Å². The SMILES string of the molecule is COc1ccc(OC(F)F)c(NC(=O)C2CCC2C(=O)O)c1. The standard InChI is InChI=1S/C14H15F2NO5/c1-21-7-2-5-11(22-14(15)16)10(6-7)17-12(18)8-3-4-9(8)13(19)20/h2,5-6,8-9,14H,3-4H2,1H3,(H,17,18)(H,19,20). The quantitative estimate of drug-likeness (QED) is 0.841. The maximum Gasteiger partial charge on any atom is 0.387 e. The van der Waals surface area contributed by atoms with Crippen LogP contribution >= 0.6 is 0 Å². The van der Waals surface area contributed by atoms with Gasteiger partial charge in [0, 0.05) is 6.07 Å². The normalized spacial score (nSPS) is 20.2. The molecular formula is C14H15F2NO5. The van der Waals surface area contributed by atoms with Crippen molar-refractivity contribution in [1.29, 1.82) is 0 Å². The summed E-state index contributed by atoms with van der Waals surface area (Å²) in [5.74, 6) is -2.86. The van der Waals surface area contributed by atoms with E-state index in [1.165, 1.54) is 25.3 Å². The van der Waals surface area contributed by atoms with Gasteiger partial charge in [0.1, 0.15) is 11.5 Å². The number of carbonyl (C=O) groups is 2. The first-order valence-corrected chi connectivity index (χ1v) is 6.59. The number of ether oxygens (including phenoxy) is 2. The lowest BCUT2D eigenvalue weighted by Gasteiger charge is -2.32. The summed E-state index contributed by atoms with van der Waals surface area (Å²) in [5.41, 5.74) is 0.0145. The molecule has 8 heteroatoms. The van der Waals surface area contributed by atoms with E-state index in [2.05, 4.69) is 10.1 Å². The molecule has 0 radical (unpaired) electrons. The number of carbonyl (C=O) groups excluding carboxylic acids is 1. The van der Waals surface area contributed by atoms with Gasteiger partial charge in [-0.25, -0.2) is 0 Å². The van der Waals surface area contributed by atoms with E-state index >= 15 is 0 Å². The van der Waals surface area contributed by atoms with Crippen molar-refractivity contribution in [1.82, 2.24) is 0 Å². The smallest absolute Gasteiger partial charge is 0.387 e. The monoisotopic (exact) mass is 315 g/mol. The minimum absolute atomic E-state index is 0.0145. The van der Waals surface area contributed by atoms with Crippen LogP contribution in [0, 0.1) is 11.8 Å². The molecule has 1 aromatic rings. The van der Waals surface area contributed by atoms with E-state index in [0.29, 0.717) is 18.6 Å². The number of amides is 1. The van der Waals surface area contributed by atoms with Crippen LogP contribution < -0.4 is 14.8 Å². The molecule has 0 heterocycles. The summed E-state index contributed by atoms with van der Waals surface area (Å²) >= 11 is 0. The molecule has 1 aromatic carbocycles. The van der Waals surface area contributed by atoms with Crippen LogP contribution in [0.3, 0.4) is 0 Å². The third kappa shape index (κ3) is 3.44. The topological polar surface area (TPSA) is 84.9 Å². The lowest BCUT2D eigenvalue weighted by atomic mass is 9.73. The molecule has 1 aliphatic rings. The van der Waals surface area contributed by atoms with E-state index in [4.69, 9.17) is 9.84 Å². The average Bonchev–Trinajstić information content (AvgIpc) is 2.38. The van der Waals surface area contributed by atoms with Gasteiger partial charge in [-0.05, 0) is 25.0 Å². The van der Waals surface area contributed by atoms with Crippen molar-refractivity contribution in [3.05, 3.63) is 18.2 Å². The number of methoxy groups -OCH3 is 1. The van der Waals surface area contributed by atoms with Crippen LogP contribution in [0.1, 0.15) is 12.8 Å². The summed E-state index contributed by atoms with van der Waals surface area (Å²) in [6.07, 6.45) is 0.865. The molecule has 0 aromatic heterocycles. The van der Waals surface area contributed by atoms with Crippen LogP contribution in [0.4, 0.5) is 14.5 Å². The third-order valence-electron chi connectivity index (χ3n) is 3.59. The number of hydrogen-bond donors (Lipinski definition) is 2. The van der Waals surface area contributed by atoms with Gasteiger partial charge in [0.2, 0.25) is 5.91 Å². The fourth-order valence-corrected chi connectivity index (χ4v) is 2.27. The molecule has 120 valence electrons. The fraction of sp³-hybridized carbons (Fsp3) is 0.429. The van der Waals surface area contributed by atoms with Crippen molar-refractivity contribution in [2.45, 2.75) is 19.5 Å². The van der Waals surface area contributed by atoms with Crippen molar-refractivity contribution >= 4 is 17.6 Å². The molecule has 0 spiro atoms. The maximum absolute atomic E-state index is 12.4. The summed E-state index contributed by atoms with van der Waals surface area (Å²) in [6, 6.07) is 4.00. The van der Waals surface area contributed by atoms with Crippen LogP contribution in [0.25, 0.3) is 0 Å². The van der Waals surface area contributed by atoms with Crippen LogP contribution in [0.15, 0.2) is 18.2 Å². The van der Waals surface area contributed by atoms with E-state index in [1.807, 2.05) is 0 Å². The molecule has 2 atom stereocenters. The Bertz CT molecular complexity index is 578. The summed E-state index contributed by atoms with van der Waals surface area (Å²) in [6.45, 7) is -3.04. The van der Waals surface area contributed by atoms with Crippen molar-refractivity contribution < 1.29 is 33.0 Å². The third-order valence-corrected chi connectivity index (χ3v) is 3.59. The van der Waals surface area contributed by atoms with E-state index in [1.54, 1.807) is 0 Å². The number of carboxylic acid groups (broad SMARTS) is 1. The molecule has 1 aliphatic carbocycles. The van der Waals surface area contributed by atoms with Crippen molar-refractivity contribution in [2.24, 2.45) is 11.8 Å². The summed E-state index contributed by atoms with van der Waals surface area (Å²) in [7, 11) is 1.39. The molecule has 2 rings (SSSR count). The van der Waals surface area contributed by atoms with Gasteiger partial charge in [-0.3, -0.25) is 9.59 Å². The lowest BCUT2D eigenvalue weighted by molar-refractivity contribution is -0.151. The van der Waals surface area contributed by atoms with E-state index in [9.17, 15) is 18.4 Å². The van der Waals surface area contributed by atoms with Gasteiger partial charge in [-0.15, -0.1) is 0 Å². The van der Waals surface area contributed by atoms with Gasteiger partial charge in [0.05, 0.1) is 24.6 Å². The second-order valence-corrected chi connectivity index (χ2v) is 4.86. The maximum atomic E-state index is 12.4. The molecule has 22 heavy (non-hydrogen) atoms. The first-order chi connectivity index (χ1) is 10.4. The zero-order valence-corrected chi connectivity index (χ0v) is 11.7. The van der Waals surface area contributed by atoms with Gasteiger partial charge in [-0.2, -0.15) is 8.78 Å². The first-order valence-electron chi connectivity index (χ1n) is 6.59. The zero-order chi connectivity index (χ0) is 16.3. The highest BCUT2D eigenvalue weighted by Crippen LogP contribution is 2.37. The van der Waals surface area contributed by atoms with Crippen molar-refractivity contribution in [3.8, 4) is 11.5 Å². The average molecular weight is 315 g/mol. The molecule has 0 saturated heterocycles. The Morgan fingerprint density at radius 3 is 2.50 bits per heavy atom. The Balaban J connectivity index is 2.16. The molecular weight excluding hydrogens is 300 g/mol. The van der Waals surface area contributed by atoms with Crippen LogP contribution in [-0.2, 0) is 9.59 Å². The second kappa shape index (κ2) is 6.59. The molecule has 0 bridgehead atoms. The van der Waals surface area contributed by atoms with Crippen LogP contribution in [-0.4, -0.2) is 30.7 Å². The fourth-order valence-electron chi connectivity index (χ4n) is 2.27. The predicted octanol–water partition coefficient (Wildman–Crippen LogP) is 2.35. The van der Waals surface area contributed by atoms with E-state index < -0.39 is 30.3 Å².